The van der Waals surface area contributed by atoms with Crippen LogP contribution in [0.4, 0.5) is 0 Å². The van der Waals surface area contributed by atoms with Crippen molar-refractivity contribution in [2.45, 2.75) is 37.8 Å². The molecular weight excluding hydrogens is 338 g/mol. The van der Waals surface area contributed by atoms with E-state index in [9.17, 15) is 4.79 Å². The van der Waals surface area contributed by atoms with E-state index in [4.69, 9.17) is 9.47 Å². The summed E-state index contributed by atoms with van der Waals surface area (Å²) in [5.41, 5.74) is 2.99. The molecule has 0 bridgehead atoms. The Labute approximate surface area is 151 Å². The van der Waals surface area contributed by atoms with Gasteiger partial charge in [0.05, 0.1) is 35.4 Å². The van der Waals surface area contributed by atoms with Crippen LogP contribution in [-0.2, 0) is 9.47 Å². The monoisotopic (exact) mass is 361 g/mol. The first-order valence-electron chi connectivity index (χ1n) is 8.53. The smallest absolute Gasteiger partial charge is 0.270 e. The van der Waals surface area contributed by atoms with Crippen LogP contribution in [0, 0.1) is 0 Å². The van der Waals surface area contributed by atoms with Gasteiger partial charge in [0.2, 0.25) is 0 Å². The Balaban J connectivity index is 1.51. The number of aromatic nitrogens is 2. The lowest BCUT2D eigenvalue weighted by Gasteiger charge is -2.29. The van der Waals surface area contributed by atoms with Crippen molar-refractivity contribution in [3.63, 3.8) is 0 Å². The number of hydrogen-bond acceptors (Lipinski definition) is 6. The number of thiazole rings is 1. The summed E-state index contributed by atoms with van der Waals surface area (Å²) in [5.74, 6) is -0.116. The molecule has 25 heavy (non-hydrogen) atoms. The maximum atomic E-state index is 12.5. The highest BCUT2D eigenvalue weighted by Crippen LogP contribution is 2.23. The molecule has 0 atom stereocenters. The first kappa shape index (κ1) is 18.0. The van der Waals surface area contributed by atoms with E-state index in [1.54, 1.807) is 24.9 Å². The predicted molar refractivity (Wildman–Crippen MR) is 96.7 cm³/mol. The lowest BCUT2D eigenvalue weighted by atomic mass is 9.93. The molecule has 1 aliphatic carbocycles. The zero-order chi connectivity index (χ0) is 17.5. The van der Waals surface area contributed by atoms with Gasteiger partial charge in [0, 0.05) is 19.3 Å². The summed E-state index contributed by atoms with van der Waals surface area (Å²) in [6, 6.07) is 5.69. The topological polar surface area (TPSA) is 73.3 Å². The van der Waals surface area contributed by atoms with E-state index in [0.717, 1.165) is 36.3 Å². The molecule has 0 spiro atoms. The molecule has 1 aliphatic rings. The van der Waals surface area contributed by atoms with Gasteiger partial charge in [-0.1, -0.05) is 6.07 Å². The Morgan fingerprint density at radius 3 is 2.84 bits per heavy atom. The van der Waals surface area contributed by atoms with Crippen molar-refractivity contribution in [2.75, 3.05) is 20.3 Å². The molecule has 0 aliphatic heterocycles. The average Bonchev–Trinajstić information content (AvgIpc) is 3.18. The highest BCUT2D eigenvalue weighted by Gasteiger charge is 2.23. The van der Waals surface area contributed by atoms with Crippen molar-refractivity contribution < 1.29 is 14.3 Å². The van der Waals surface area contributed by atoms with E-state index >= 15 is 0 Å². The summed E-state index contributed by atoms with van der Waals surface area (Å²) in [6.45, 7) is 1.25. The summed E-state index contributed by atoms with van der Waals surface area (Å²) in [7, 11) is 1.67. The standard InChI is InChI=1S/C18H23N3O3S/c1-23-9-10-24-14-7-5-13(6-8-14)20-18(22)16-4-2-3-15(21-16)17-11-19-12-25-17/h2-4,11-14H,5-10H2,1H3,(H,20,22)/t13-,14-. The Bertz CT molecular complexity index is 670. The van der Waals surface area contributed by atoms with Crippen molar-refractivity contribution in [1.29, 1.82) is 0 Å². The third-order valence-electron chi connectivity index (χ3n) is 4.32. The molecular formula is C18H23N3O3S. The summed E-state index contributed by atoms with van der Waals surface area (Å²) in [6.07, 6.45) is 5.82. The van der Waals surface area contributed by atoms with Crippen molar-refractivity contribution in [1.82, 2.24) is 15.3 Å². The summed E-state index contributed by atoms with van der Waals surface area (Å²) in [4.78, 5) is 22.0. The molecule has 3 rings (SSSR count). The van der Waals surface area contributed by atoms with Gasteiger partial charge in [-0.05, 0) is 37.8 Å². The molecule has 2 aromatic rings. The molecule has 2 aromatic heterocycles. The fraction of sp³-hybridized carbons (Fsp3) is 0.500. The lowest BCUT2D eigenvalue weighted by Crippen LogP contribution is -2.39. The maximum Gasteiger partial charge on any atom is 0.270 e. The second-order valence-electron chi connectivity index (χ2n) is 6.08. The minimum atomic E-state index is -0.116. The van der Waals surface area contributed by atoms with E-state index in [2.05, 4.69) is 15.3 Å². The molecule has 1 N–H and O–H groups in total. The molecule has 7 heteroatoms. The van der Waals surface area contributed by atoms with Crippen molar-refractivity contribution in [2.24, 2.45) is 0 Å². The van der Waals surface area contributed by atoms with Gasteiger partial charge in [-0.25, -0.2) is 4.98 Å². The van der Waals surface area contributed by atoms with Crippen LogP contribution in [0.5, 0.6) is 0 Å². The number of pyridine rings is 1. The van der Waals surface area contributed by atoms with Gasteiger partial charge in [-0.3, -0.25) is 9.78 Å². The molecule has 2 heterocycles. The number of hydrogen-bond donors (Lipinski definition) is 1. The Kier molecular flexibility index (Phi) is 6.49. The van der Waals surface area contributed by atoms with Gasteiger partial charge in [0.15, 0.2) is 0 Å². The van der Waals surface area contributed by atoms with Crippen molar-refractivity contribution in [3.05, 3.63) is 35.6 Å². The fourth-order valence-corrected chi connectivity index (χ4v) is 3.56. The summed E-state index contributed by atoms with van der Waals surface area (Å²) >= 11 is 1.51. The second kappa shape index (κ2) is 9.03. The van der Waals surface area contributed by atoms with Gasteiger partial charge < -0.3 is 14.8 Å². The van der Waals surface area contributed by atoms with Crippen LogP contribution >= 0.6 is 11.3 Å². The predicted octanol–water partition coefficient (Wildman–Crippen LogP) is 2.91. The number of amides is 1. The van der Waals surface area contributed by atoms with E-state index < -0.39 is 0 Å². The minimum absolute atomic E-state index is 0.116. The van der Waals surface area contributed by atoms with Crippen LogP contribution in [0.3, 0.4) is 0 Å². The number of methoxy groups -OCH3 is 1. The largest absolute Gasteiger partial charge is 0.382 e. The quantitative estimate of drug-likeness (QED) is 0.768. The molecule has 0 unspecified atom stereocenters. The van der Waals surface area contributed by atoms with Gasteiger partial charge in [0.25, 0.3) is 5.91 Å². The van der Waals surface area contributed by atoms with Gasteiger partial charge >= 0.3 is 0 Å². The Morgan fingerprint density at radius 1 is 1.28 bits per heavy atom. The Morgan fingerprint density at radius 2 is 2.12 bits per heavy atom. The van der Waals surface area contributed by atoms with Crippen molar-refractivity contribution in [3.8, 4) is 10.6 Å². The second-order valence-corrected chi connectivity index (χ2v) is 6.97. The highest BCUT2D eigenvalue weighted by atomic mass is 32.1. The van der Waals surface area contributed by atoms with Gasteiger partial charge in [-0.15, -0.1) is 11.3 Å². The SMILES string of the molecule is COCCO[C@H]1CC[C@H](NC(=O)c2cccc(-c3cncs3)n2)CC1. The first-order valence-corrected chi connectivity index (χ1v) is 9.41. The molecule has 0 saturated heterocycles. The molecule has 1 amide bonds. The number of ether oxygens (including phenoxy) is 2. The van der Waals surface area contributed by atoms with Crippen LogP contribution in [0.1, 0.15) is 36.2 Å². The lowest BCUT2D eigenvalue weighted by molar-refractivity contribution is -0.00409. The van der Waals surface area contributed by atoms with Crippen LogP contribution in [0.25, 0.3) is 10.6 Å². The molecule has 6 nitrogen and oxygen atoms in total. The molecule has 134 valence electrons. The number of carbonyl (C=O) groups is 1. The van der Waals surface area contributed by atoms with Crippen molar-refractivity contribution >= 4 is 17.2 Å². The number of nitrogens with zero attached hydrogens (tertiary/aromatic N) is 2. The normalized spacial score (nSPS) is 20.4. The molecule has 1 fully saturated rings. The Hall–Kier alpha value is -1.83. The summed E-state index contributed by atoms with van der Waals surface area (Å²) < 4.78 is 10.8. The summed E-state index contributed by atoms with van der Waals surface area (Å²) in [5, 5.41) is 3.10. The van der Waals surface area contributed by atoms with Crippen LogP contribution < -0.4 is 5.32 Å². The van der Waals surface area contributed by atoms with E-state index in [-0.39, 0.29) is 18.1 Å². The zero-order valence-electron chi connectivity index (χ0n) is 14.3. The fourth-order valence-electron chi connectivity index (χ4n) is 2.97. The van der Waals surface area contributed by atoms with Crippen LogP contribution in [0.15, 0.2) is 29.9 Å². The third-order valence-corrected chi connectivity index (χ3v) is 5.11. The number of rotatable bonds is 7. The van der Waals surface area contributed by atoms with E-state index in [1.165, 1.54) is 11.3 Å². The van der Waals surface area contributed by atoms with Crippen LogP contribution in [0.2, 0.25) is 0 Å². The highest BCUT2D eigenvalue weighted by molar-refractivity contribution is 7.13. The zero-order valence-corrected chi connectivity index (χ0v) is 15.1. The minimum Gasteiger partial charge on any atom is -0.382 e. The van der Waals surface area contributed by atoms with E-state index in [0.29, 0.717) is 18.9 Å². The number of nitrogens with one attached hydrogen (secondary N) is 1. The van der Waals surface area contributed by atoms with E-state index in [1.807, 2.05) is 12.1 Å². The first-order chi connectivity index (χ1) is 12.3. The molecule has 0 radical (unpaired) electrons. The van der Waals surface area contributed by atoms with Gasteiger partial charge in [-0.2, -0.15) is 0 Å². The maximum absolute atomic E-state index is 12.5. The molecule has 1 saturated carbocycles. The number of carbonyl (C=O) groups excluding carboxylic acids is 1. The molecule has 0 aromatic carbocycles. The average molecular weight is 361 g/mol. The van der Waals surface area contributed by atoms with Crippen LogP contribution in [-0.4, -0.2) is 48.3 Å². The van der Waals surface area contributed by atoms with Gasteiger partial charge in [0.1, 0.15) is 5.69 Å². The third kappa shape index (κ3) is 5.07.